The first-order chi connectivity index (χ1) is 8.99. The number of hydrogen-bond acceptors (Lipinski definition) is 4. The molecule has 0 bridgehead atoms. The zero-order valence-corrected chi connectivity index (χ0v) is 11.0. The van der Waals surface area contributed by atoms with E-state index in [0.717, 1.165) is 11.1 Å². The fourth-order valence-electron chi connectivity index (χ4n) is 1.44. The molecule has 0 spiro atoms. The molecule has 6 heteroatoms. The van der Waals surface area contributed by atoms with Crippen molar-refractivity contribution >= 4 is 12.2 Å². The number of carbonyl (C=O) groups is 2. The van der Waals surface area contributed by atoms with Gasteiger partial charge in [0.05, 0.1) is 6.10 Å². The Balaban J connectivity index is 2.57. The van der Waals surface area contributed by atoms with Crippen LogP contribution in [0.4, 0.5) is 9.59 Å². The van der Waals surface area contributed by atoms with E-state index in [1.807, 2.05) is 18.2 Å². The van der Waals surface area contributed by atoms with Gasteiger partial charge in [0, 0.05) is 6.54 Å². The second-order valence-electron chi connectivity index (χ2n) is 4.18. The van der Waals surface area contributed by atoms with Crippen LogP contribution >= 0.6 is 0 Å². The van der Waals surface area contributed by atoms with E-state index in [2.05, 4.69) is 5.32 Å². The molecule has 0 saturated heterocycles. The lowest BCUT2D eigenvalue weighted by atomic mass is 10.1. The molecule has 1 aromatic rings. The van der Waals surface area contributed by atoms with Crippen LogP contribution in [-0.4, -0.2) is 18.3 Å². The lowest BCUT2D eigenvalue weighted by Gasteiger charge is -2.12. The Morgan fingerprint density at radius 3 is 2.47 bits per heavy atom. The van der Waals surface area contributed by atoms with Gasteiger partial charge in [0.25, 0.3) is 0 Å². The number of ether oxygens (including phenoxy) is 2. The summed E-state index contributed by atoms with van der Waals surface area (Å²) in [5, 5.41) is 2.63. The van der Waals surface area contributed by atoms with Gasteiger partial charge >= 0.3 is 12.2 Å². The van der Waals surface area contributed by atoms with Crippen molar-refractivity contribution in [3.63, 3.8) is 0 Å². The molecule has 1 rings (SSSR count). The van der Waals surface area contributed by atoms with Gasteiger partial charge < -0.3 is 20.5 Å². The summed E-state index contributed by atoms with van der Waals surface area (Å²) in [5.41, 5.74) is 6.54. The highest BCUT2D eigenvalue weighted by atomic mass is 16.6. The zero-order chi connectivity index (χ0) is 14.3. The van der Waals surface area contributed by atoms with E-state index in [1.54, 1.807) is 19.9 Å². The Kier molecular flexibility index (Phi) is 5.66. The molecule has 19 heavy (non-hydrogen) atoms. The van der Waals surface area contributed by atoms with Gasteiger partial charge in [-0.05, 0) is 25.0 Å². The number of hydrogen-bond donors (Lipinski definition) is 2. The van der Waals surface area contributed by atoms with Crippen molar-refractivity contribution in [2.75, 3.05) is 0 Å². The van der Waals surface area contributed by atoms with Crippen LogP contribution in [0.2, 0.25) is 0 Å². The highest BCUT2D eigenvalue weighted by molar-refractivity contribution is 5.67. The smallest absolute Gasteiger partial charge is 0.407 e. The summed E-state index contributed by atoms with van der Waals surface area (Å²) < 4.78 is 9.69. The maximum atomic E-state index is 11.4. The van der Waals surface area contributed by atoms with Crippen LogP contribution in [-0.2, 0) is 22.6 Å². The Bertz CT molecular complexity index is 446. The van der Waals surface area contributed by atoms with Crippen LogP contribution in [0.3, 0.4) is 0 Å². The first-order valence-electron chi connectivity index (χ1n) is 5.92. The van der Waals surface area contributed by atoms with Crippen LogP contribution in [0.1, 0.15) is 25.0 Å². The van der Waals surface area contributed by atoms with E-state index in [1.165, 1.54) is 0 Å². The highest BCUT2D eigenvalue weighted by Crippen LogP contribution is 2.10. The minimum atomic E-state index is -0.832. The number of carbonyl (C=O) groups excluding carboxylic acids is 2. The lowest BCUT2D eigenvalue weighted by Crippen LogP contribution is -2.26. The molecule has 0 unspecified atom stereocenters. The monoisotopic (exact) mass is 266 g/mol. The Labute approximate surface area is 111 Å². The van der Waals surface area contributed by atoms with Crippen LogP contribution < -0.4 is 11.1 Å². The molecule has 0 aliphatic carbocycles. The van der Waals surface area contributed by atoms with Crippen LogP contribution in [0.25, 0.3) is 0 Å². The average Bonchev–Trinajstić information content (AvgIpc) is 2.34. The molecule has 0 heterocycles. The SMILES string of the molecule is CC(C)OC(=O)NCc1ccccc1COC(N)=O. The molecule has 0 radical (unpaired) electrons. The quantitative estimate of drug-likeness (QED) is 0.851. The van der Waals surface area contributed by atoms with Crippen molar-refractivity contribution < 1.29 is 19.1 Å². The molecule has 0 aliphatic rings. The maximum absolute atomic E-state index is 11.4. The van der Waals surface area contributed by atoms with E-state index in [-0.39, 0.29) is 12.7 Å². The number of nitrogens with two attached hydrogens (primary N) is 1. The number of nitrogens with one attached hydrogen (secondary N) is 1. The lowest BCUT2D eigenvalue weighted by molar-refractivity contribution is 0.115. The van der Waals surface area contributed by atoms with Crippen molar-refractivity contribution in [3.8, 4) is 0 Å². The van der Waals surface area contributed by atoms with E-state index < -0.39 is 12.2 Å². The molecule has 0 aromatic heterocycles. The zero-order valence-electron chi connectivity index (χ0n) is 11.0. The summed E-state index contributed by atoms with van der Waals surface area (Å²) in [5.74, 6) is 0. The van der Waals surface area contributed by atoms with Crippen molar-refractivity contribution in [2.24, 2.45) is 5.73 Å². The molecule has 0 fully saturated rings. The average molecular weight is 266 g/mol. The van der Waals surface area contributed by atoms with Gasteiger partial charge in [0.1, 0.15) is 6.61 Å². The van der Waals surface area contributed by atoms with Gasteiger partial charge in [-0.1, -0.05) is 24.3 Å². The standard InChI is InChI=1S/C13H18N2O4/c1-9(2)19-13(17)15-7-10-5-3-4-6-11(10)8-18-12(14)16/h3-6,9H,7-8H2,1-2H3,(H2,14,16)(H,15,17). The second kappa shape index (κ2) is 7.25. The summed E-state index contributed by atoms with van der Waals surface area (Å²) in [7, 11) is 0. The van der Waals surface area contributed by atoms with Gasteiger partial charge in [0.15, 0.2) is 0 Å². The number of amides is 2. The number of benzene rings is 1. The van der Waals surface area contributed by atoms with Crippen molar-refractivity contribution in [1.82, 2.24) is 5.32 Å². The minimum Gasteiger partial charge on any atom is -0.447 e. The normalized spacial score (nSPS) is 10.1. The maximum Gasteiger partial charge on any atom is 0.407 e. The van der Waals surface area contributed by atoms with E-state index in [9.17, 15) is 9.59 Å². The van der Waals surface area contributed by atoms with Crippen molar-refractivity contribution in [2.45, 2.75) is 33.1 Å². The van der Waals surface area contributed by atoms with Crippen LogP contribution in [0, 0.1) is 0 Å². The molecule has 3 N–H and O–H groups in total. The fourth-order valence-corrected chi connectivity index (χ4v) is 1.44. The molecule has 6 nitrogen and oxygen atoms in total. The van der Waals surface area contributed by atoms with E-state index in [4.69, 9.17) is 15.2 Å². The number of alkyl carbamates (subject to hydrolysis) is 1. The predicted octanol–water partition coefficient (Wildman–Crippen LogP) is 1.92. The molecule has 1 aromatic carbocycles. The van der Waals surface area contributed by atoms with Crippen molar-refractivity contribution in [1.29, 1.82) is 0 Å². The van der Waals surface area contributed by atoms with Gasteiger partial charge in [-0.25, -0.2) is 9.59 Å². The fraction of sp³-hybridized carbons (Fsp3) is 0.385. The van der Waals surface area contributed by atoms with Gasteiger partial charge in [-0.2, -0.15) is 0 Å². The molecule has 2 amide bonds. The summed E-state index contributed by atoms with van der Waals surface area (Å²) in [6.07, 6.45) is -1.49. The molecule has 104 valence electrons. The van der Waals surface area contributed by atoms with Crippen LogP contribution in [0.5, 0.6) is 0 Å². The second-order valence-corrected chi connectivity index (χ2v) is 4.18. The van der Waals surface area contributed by atoms with Gasteiger partial charge in [-0.3, -0.25) is 0 Å². The third-order valence-electron chi connectivity index (χ3n) is 2.25. The molecule has 0 aliphatic heterocycles. The summed E-state index contributed by atoms with van der Waals surface area (Å²) in [6, 6.07) is 7.28. The summed E-state index contributed by atoms with van der Waals surface area (Å²) in [4.78, 5) is 21.9. The number of rotatable bonds is 5. The molecule has 0 atom stereocenters. The van der Waals surface area contributed by atoms with Crippen molar-refractivity contribution in [3.05, 3.63) is 35.4 Å². The largest absolute Gasteiger partial charge is 0.447 e. The van der Waals surface area contributed by atoms with Gasteiger partial charge in [-0.15, -0.1) is 0 Å². The molecular weight excluding hydrogens is 248 g/mol. The Hall–Kier alpha value is -2.24. The van der Waals surface area contributed by atoms with E-state index in [0.29, 0.717) is 6.54 Å². The third kappa shape index (κ3) is 5.76. The minimum absolute atomic E-state index is 0.0758. The Morgan fingerprint density at radius 1 is 1.26 bits per heavy atom. The van der Waals surface area contributed by atoms with Gasteiger partial charge in [0.2, 0.25) is 0 Å². The van der Waals surface area contributed by atoms with Crippen LogP contribution in [0.15, 0.2) is 24.3 Å². The molecule has 0 saturated carbocycles. The predicted molar refractivity (Wildman–Crippen MR) is 69.3 cm³/mol. The highest BCUT2D eigenvalue weighted by Gasteiger charge is 2.07. The molecular formula is C13H18N2O4. The first-order valence-corrected chi connectivity index (χ1v) is 5.92. The summed E-state index contributed by atoms with van der Waals surface area (Å²) >= 11 is 0. The summed E-state index contributed by atoms with van der Waals surface area (Å²) in [6.45, 7) is 3.92. The van der Waals surface area contributed by atoms with E-state index >= 15 is 0 Å². The Morgan fingerprint density at radius 2 is 1.89 bits per heavy atom. The third-order valence-corrected chi connectivity index (χ3v) is 2.25. The number of primary amides is 1. The first kappa shape index (κ1) is 14.8. The topological polar surface area (TPSA) is 90.7 Å².